The Bertz CT molecular complexity index is 1610. The van der Waals surface area contributed by atoms with Gasteiger partial charge in [-0.05, 0) is 62.2 Å². The van der Waals surface area contributed by atoms with Gasteiger partial charge in [-0.25, -0.2) is 19.0 Å². The maximum absolute atomic E-state index is 13.7. The van der Waals surface area contributed by atoms with E-state index in [4.69, 9.17) is 14.2 Å². The van der Waals surface area contributed by atoms with Crippen LogP contribution in [0.3, 0.4) is 0 Å². The van der Waals surface area contributed by atoms with E-state index < -0.39 is 18.0 Å². The number of halogens is 1. The van der Waals surface area contributed by atoms with Gasteiger partial charge >= 0.3 is 11.9 Å². The Balaban J connectivity index is 1.89. The van der Waals surface area contributed by atoms with E-state index >= 15 is 0 Å². The zero-order valence-electron chi connectivity index (χ0n) is 21.9. The van der Waals surface area contributed by atoms with E-state index in [2.05, 4.69) is 9.73 Å². The van der Waals surface area contributed by atoms with Gasteiger partial charge in [-0.3, -0.25) is 9.36 Å². The second-order valence-corrected chi connectivity index (χ2v) is 9.37. The topological polar surface area (TPSA) is 105 Å². The fraction of sp³-hybridized carbons (Fsp3) is 0.286. The first kappa shape index (κ1) is 27.8. The van der Waals surface area contributed by atoms with Crippen molar-refractivity contribution in [3.05, 3.63) is 90.4 Å². The molecule has 2 aromatic carbocycles. The number of hydrogen-bond donors (Lipinski definition) is 0. The molecule has 0 bridgehead atoms. The first-order chi connectivity index (χ1) is 18.8. The number of methoxy groups -OCH3 is 1. The number of hydrogen-bond acceptors (Lipinski definition) is 9. The molecule has 4 rings (SSSR count). The van der Waals surface area contributed by atoms with Gasteiger partial charge < -0.3 is 18.9 Å². The molecule has 11 heteroatoms. The number of esters is 2. The van der Waals surface area contributed by atoms with Gasteiger partial charge in [-0.15, -0.1) is 0 Å². The molecule has 1 aliphatic rings. The van der Waals surface area contributed by atoms with Crippen molar-refractivity contribution in [1.29, 1.82) is 0 Å². The van der Waals surface area contributed by atoms with E-state index in [1.165, 1.54) is 23.8 Å². The summed E-state index contributed by atoms with van der Waals surface area (Å²) in [7, 11) is 1.26. The summed E-state index contributed by atoms with van der Waals surface area (Å²) in [5.41, 5.74) is 1.45. The van der Waals surface area contributed by atoms with Crippen LogP contribution in [-0.4, -0.2) is 43.4 Å². The largest absolute Gasteiger partial charge is 0.490 e. The van der Waals surface area contributed by atoms with Crippen LogP contribution in [0.4, 0.5) is 4.39 Å². The average Bonchev–Trinajstić information content (AvgIpc) is 3.22. The zero-order valence-corrected chi connectivity index (χ0v) is 22.7. The molecule has 1 aromatic heterocycles. The lowest BCUT2D eigenvalue weighted by Gasteiger charge is -2.25. The van der Waals surface area contributed by atoms with Crippen LogP contribution >= 0.6 is 11.3 Å². The number of fused-ring (bicyclic) bond motifs is 1. The van der Waals surface area contributed by atoms with Gasteiger partial charge in [0.25, 0.3) is 5.56 Å². The molecule has 0 spiro atoms. The minimum absolute atomic E-state index is 0.141. The molecular formula is C28H27FN2O7S. The Kier molecular flexibility index (Phi) is 8.60. The summed E-state index contributed by atoms with van der Waals surface area (Å²) in [6.07, 6.45) is 1.65. The Labute approximate surface area is 227 Å². The highest BCUT2D eigenvalue weighted by atomic mass is 32.1. The highest BCUT2D eigenvalue weighted by molar-refractivity contribution is 7.07. The molecule has 1 aliphatic heterocycles. The maximum Gasteiger partial charge on any atom is 0.343 e. The van der Waals surface area contributed by atoms with E-state index in [0.717, 1.165) is 11.3 Å². The van der Waals surface area contributed by atoms with E-state index in [1.54, 1.807) is 57.2 Å². The van der Waals surface area contributed by atoms with Crippen molar-refractivity contribution in [2.75, 3.05) is 26.9 Å². The molecule has 9 nitrogen and oxygen atoms in total. The van der Waals surface area contributed by atoms with Crippen molar-refractivity contribution >= 4 is 29.4 Å². The summed E-state index contributed by atoms with van der Waals surface area (Å²) in [5.74, 6) is -0.913. The normalized spacial score (nSPS) is 14.9. The van der Waals surface area contributed by atoms with Crippen molar-refractivity contribution in [2.24, 2.45) is 4.99 Å². The summed E-state index contributed by atoms with van der Waals surface area (Å²) in [6, 6.07) is 9.86. The van der Waals surface area contributed by atoms with E-state index in [0.29, 0.717) is 44.3 Å². The standard InChI is InChI=1S/C28H27FN2O7S/c1-5-36-21-14-18(9-12-20(21)38-15-23(32)35-4)25-24(27(34)37-6-2)16(3)30-28-31(25)26(33)22(39-28)13-17-7-10-19(29)11-8-17/h7-14,25H,5-6,15H2,1-4H3/b22-13-/t25-/m1/s1. The Hall–Kier alpha value is -4.25. The molecule has 0 saturated heterocycles. The number of thiazole rings is 1. The summed E-state index contributed by atoms with van der Waals surface area (Å²) >= 11 is 1.16. The second kappa shape index (κ2) is 12.1. The predicted molar refractivity (Wildman–Crippen MR) is 142 cm³/mol. The molecule has 39 heavy (non-hydrogen) atoms. The van der Waals surface area contributed by atoms with Crippen LogP contribution in [-0.2, 0) is 19.1 Å². The SMILES string of the molecule is CCOC(=O)C1=C(C)N=c2s/c(=C\c3ccc(F)cc3)c(=O)n2[C@@H]1c1ccc(OCC(=O)OC)c(OCC)c1. The van der Waals surface area contributed by atoms with Crippen LogP contribution in [0.15, 0.2) is 63.5 Å². The number of ether oxygens (including phenoxy) is 4. The molecule has 204 valence electrons. The van der Waals surface area contributed by atoms with Crippen LogP contribution in [0, 0.1) is 5.82 Å². The number of benzene rings is 2. The van der Waals surface area contributed by atoms with Crippen LogP contribution in [0.2, 0.25) is 0 Å². The number of allylic oxidation sites excluding steroid dienone is 1. The fourth-order valence-electron chi connectivity index (χ4n) is 4.10. The van der Waals surface area contributed by atoms with Crippen LogP contribution in [0.5, 0.6) is 11.5 Å². The minimum Gasteiger partial charge on any atom is -0.490 e. The molecule has 0 aliphatic carbocycles. The molecule has 0 unspecified atom stereocenters. The molecule has 3 aromatic rings. The van der Waals surface area contributed by atoms with Crippen molar-refractivity contribution in [2.45, 2.75) is 26.8 Å². The quantitative estimate of drug-likeness (QED) is 0.375. The number of carbonyl (C=O) groups is 2. The van der Waals surface area contributed by atoms with Gasteiger partial charge in [0.2, 0.25) is 0 Å². The average molecular weight is 555 g/mol. The first-order valence-electron chi connectivity index (χ1n) is 12.2. The number of nitrogens with zero attached hydrogens (tertiary/aromatic N) is 2. The molecule has 2 heterocycles. The van der Waals surface area contributed by atoms with Gasteiger partial charge in [-0.1, -0.05) is 29.5 Å². The molecule has 0 N–H and O–H groups in total. The molecule has 1 atom stereocenters. The highest BCUT2D eigenvalue weighted by Crippen LogP contribution is 2.36. The highest BCUT2D eigenvalue weighted by Gasteiger charge is 2.34. The molecular weight excluding hydrogens is 527 g/mol. The lowest BCUT2D eigenvalue weighted by Crippen LogP contribution is -2.40. The first-order valence-corrected chi connectivity index (χ1v) is 13.0. The third-order valence-corrected chi connectivity index (χ3v) is 6.82. The van der Waals surface area contributed by atoms with Gasteiger partial charge in [0, 0.05) is 0 Å². The third-order valence-electron chi connectivity index (χ3n) is 5.84. The number of rotatable bonds is 9. The van der Waals surface area contributed by atoms with E-state index in [1.807, 2.05) is 0 Å². The number of carbonyl (C=O) groups excluding carboxylic acids is 2. The van der Waals surface area contributed by atoms with Gasteiger partial charge in [-0.2, -0.15) is 0 Å². The second-order valence-electron chi connectivity index (χ2n) is 8.36. The summed E-state index contributed by atoms with van der Waals surface area (Å²) < 4.78 is 36.5. The smallest absolute Gasteiger partial charge is 0.343 e. The summed E-state index contributed by atoms with van der Waals surface area (Å²) in [5, 5.41) is 0. The van der Waals surface area contributed by atoms with Crippen LogP contribution in [0.1, 0.15) is 37.9 Å². The lowest BCUT2D eigenvalue weighted by molar-refractivity contribution is -0.143. The third kappa shape index (κ3) is 5.93. The summed E-state index contributed by atoms with van der Waals surface area (Å²) in [6.45, 7) is 5.31. The molecule has 0 fully saturated rings. The molecule has 0 saturated carbocycles. The minimum atomic E-state index is -0.871. The van der Waals surface area contributed by atoms with E-state index in [9.17, 15) is 18.8 Å². The maximum atomic E-state index is 13.7. The summed E-state index contributed by atoms with van der Waals surface area (Å²) in [4.78, 5) is 43.4. The fourth-order valence-corrected chi connectivity index (χ4v) is 5.14. The Morgan fingerprint density at radius 2 is 1.82 bits per heavy atom. The van der Waals surface area contributed by atoms with Crippen molar-refractivity contribution in [1.82, 2.24) is 4.57 Å². The predicted octanol–water partition coefficient (Wildman–Crippen LogP) is 2.89. The van der Waals surface area contributed by atoms with E-state index in [-0.39, 0.29) is 30.2 Å². The van der Waals surface area contributed by atoms with Crippen molar-refractivity contribution < 1.29 is 32.9 Å². The zero-order chi connectivity index (χ0) is 28.1. The molecule has 0 amide bonds. The monoisotopic (exact) mass is 554 g/mol. The van der Waals surface area contributed by atoms with Crippen LogP contribution in [0.25, 0.3) is 6.08 Å². The van der Waals surface area contributed by atoms with Crippen LogP contribution < -0.4 is 24.4 Å². The molecule has 0 radical (unpaired) electrons. The Morgan fingerprint density at radius 3 is 2.49 bits per heavy atom. The number of aromatic nitrogens is 1. The van der Waals surface area contributed by atoms with Crippen molar-refractivity contribution in [3.63, 3.8) is 0 Å². The lowest BCUT2D eigenvalue weighted by atomic mass is 9.95. The van der Waals surface area contributed by atoms with Crippen molar-refractivity contribution in [3.8, 4) is 11.5 Å². The van der Waals surface area contributed by atoms with Gasteiger partial charge in [0.15, 0.2) is 22.9 Å². The Morgan fingerprint density at radius 1 is 1.08 bits per heavy atom. The van der Waals surface area contributed by atoms with Gasteiger partial charge in [0.1, 0.15) is 5.82 Å². The van der Waals surface area contributed by atoms with Gasteiger partial charge in [0.05, 0.1) is 42.2 Å².